The zero-order valence-corrected chi connectivity index (χ0v) is 18.9. The third-order valence-corrected chi connectivity index (χ3v) is 6.03. The topological polar surface area (TPSA) is 67.9 Å². The largest absolute Gasteiger partial charge is 0.497 e. The predicted octanol–water partition coefficient (Wildman–Crippen LogP) is 4.46. The van der Waals surface area contributed by atoms with Gasteiger partial charge in [-0.15, -0.1) is 0 Å². The summed E-state index contributed by atoms with van der Waals surface area (Å²) in [7, 11) is 3.22. The van der Waals surface area contributed by atoms with E-state index in [2.05, 4.69) is 5.32 Å². The second kappa shape index (κ2) is 10.2. The van der Waals surface area contributed by atoms with Crippen molar-refractivity contribution in [1.82, 2.24) is 10.2 Å². The second-order valence-electron chi connectivity index (χ2n) is 7.98. The highest BCUT2D eigenvalue weighted by Gasteiger charge is 2.32. The summed E-state index contributed by atoms with van der Waals surface area (Å²) < 4.78 is 10.8. The minimum absolute atomic E-state index is 0.0474. The zero-order chi connectivity index (χ0) is 23.2. The molecule has 0 aromatic heterocycles. The number of rotatable bonds is 7. The summed E-state index contributed by atoms with van der Waals surface area (Å²) in [5.41, 5.74) is 3.61. The molecule has 0 saturated carbocycles. The number of methoxy groups -OCH3 is 2. The van der Waals surface area contributed by atoms with Gasteiger partial charge in [0, 0.05) is 23.7 Å². The van der Waals surface area contributed by atoms with Crippen LogP contribution in [0.1, 0.15) is 34.8 Å². The Bertz CT molecular complexity index is 1110. The molecule has 0 radical (unpaired) electrons. The van der Waals surface area contributed by atoms with Crippen LogP contribution in [0.3, 0.4) is 0 Å². The molecule has 1 saturated heterocycles. The van der Waals surface area contributed by atoms with Crippen LogP contribution in [-0.4, -0.2) is 44.0 Å². The number of carbonyl (C=O) groups is 2. The fourth-order valence-corrected chi connectivity index (χ4v) is 4.29. The second-order valence-corrected chi connectivity index (χ2v) is 7.98. The highest BCUT2D eigenvalue weighted by Crippen LogP contribution is 2.38. The van der Waals surface area contributed by atoms with Gasteiger partial charge in [-0.3, -0.25) is 9.59 Å². The minimum atomic E-state index is -0.263. The van der Waals surface area contributed by atoms with Crippen LogP contribution in [0.2, 0.25) is 0 Å². The van der Waals surface area contributed by atoms with Crippen LogP contribution in [0.4, 0.5) is 0 Å². The molecule has 0 spiro atoms. The smallest absolute Gasteiger partial charge is 0.251 e. The van der Waals surface area contributed by atoms with Crippen LogP contribution in [0.15, 0.2) is 72.8 Å². The van der Waals surface area contributed by atoms with Crippen molar-refractivity contribution in [2.45, 2.75) is 18.9 Å². The van der Waals surface area contributed by atoms with E-state index in [1.54, 1.807) is 26.4 Å². The third-order valence-electron chi connectivity index (χ3n) is 6.03. The number of carbonyl (C=O) groups excluding carboxylic acids is 2. The fourth-order valence-electron chi connectivity index (χ4n) is 4.29. The quantitative estimate of drug-likeness (QED) is 0.584. The Morgan fingerprint density at radius 2 is 1.67 bits per heavy atom. The van der Waals surface area contributed by atoms with Gasteiger partial charge in [0.15, 0.2) is 0 Å². The molecule has 3 aromatic carbocycles. The summed E-state index contributed by atoms with van der Waals surface area (Å²) in [6.45, 7) is 0.606. The lowest BCUT2D eigenvalue weighted by Gasteiger charge is -2.26. The van der Waals surface area contributed by atoms with Crippen molar-refractivity contribution >= 4 is 11.8 Å². The summed E-state index contributed by atoms with van der Waals surface area (Å²) in [5, 5.41) is 2.77. The molecular weight excluding hydrogens is 416 g/mol. The van der Waals surface area contributed by atoms with Gasteiger partial charge in [-0.2, -0.15) is 0 Å². The number of hydrogen-bond donors (Lipinski definition) is 1. The molecule has 1 heterocycles. The average molecular weight is 445 g/mol. The average Bonchev–Trinajstić information content (AvgIpc) is 3.37. The molecule has 6 heteroatoms. The molecule has 0 bridgehead atoms. The van der Waals surface area contributed by atoms with Crippen molar-refractivity contribution in [2.24, 2.45) is 0 Å². The summed E-state index contributed by atoms with van der Waals surface area (Å²) in [5.74, 6) is 1.03. The van der Waals surface area contributed by atoms with E-state index < -0.39 is 0 Å². The molecule has 3 aromatic rings. The van der Waals surface area contributed by atoms with E-state index in [1.165, 1.54) is 0 Å². The van der Waals surface area contributed by atoms with E-state index in [0.29, 0.717) is 23.6 Å². The number of hydrogen-bond acceptors (Lipinski definition) is 4. The van der Waals surface area contributed by atoms with Crippen molar-refractivity contribution in [3.63, 3.8) is 0 Å². The van der Waals surface area contributed by atoms with Crippen molar-refractivity contribution < 1.29 is 19.1 Å². The molecule has 1 fully saturated rings. The Morgan fingerprint density at radius 1 is 0.939 bits per heavy atom. The number of amides is 2. The molecule has 170 valence electrons. The van der Waals surface area contributed by atoms with E-state index in [1.807, 2.05) is 65.6 Å². The third kappa shape index (κ3) is 5.00. The first kappa shape index (κ1) is 22.4. The lowest BCUT2D eigenvalue weighted by molar-refractivity contribution is -0.131. The predicted molar refractivity (Wildman–Crippen MR) is 127 cm³/mol. The highest BCUT2D eigenvalue weighted by atomic mass is 16.5. The monoisotopic (exact) mass is 444 g/mol. The van der Waals surface area contributed by atoms with Gasteiger partial charge in [-0.05, 0) is 48.2 Å². The Kier molecular flexibility index (Phi) is 6.93. The molecule has 6 nitrogen and oxygen atoms in total. The number of ether oxygens (including phenoxy) is 2. The molecule has 1 aliphatic rings. The van der Waals surface area contributed by atoms with Crippen LogP contribution in [0.25, 0.3) is 11.1 Å². The van der Waals surface area contributed by atoms with E-state index >= 15 is 0 Å². The van der Waals surface area contributed by atoms with Gasteiger partial charge < -0.3 is 19.7 Å². The van der Waals surface area contributed by atoms with Gasteiger partial charge in [0.2, 0.25) is 5.91 Å². The molecular formula is C27H28N2O4. The van der Waals surface area contributed by atoms with Gasteiger partial charge in [0.1, 0.15) is 11.5 Å². The van der Waals surface area contributed by atoms with Crippen LogP contribution < -0.4 is 14.8 Å². The molecule has 1 atom stereocenters. The maximum absolute atomic E-state index is 13.0. The van der Waals surface area contributed by atoms with Crippen LogP contribution in [-0.2, 0) is 4.79 Å². The van der Waals surface area contributed by atoms with Crippen LogP contribution >= 0.6 is 0 Å². The molecule has 33 heavy (non-hydrogen) atoms. The maximum Gasteiger partial charge on any atom is 0.251 e. The normalized spacial score (nSPS) is 15.2. The molecule has 1 N–H and O–H groups in total. The summed E-state index contributed by atoms with van der Waals surface area (Å²) in [6.07, 6.45) is 1.75. The van der Waals surface area contributed by atoms with E-state index in [-0.39, 0.29) is 24.4 Å². The Balaban J connectivity index is 1.39. The van der Waals surface area contributed by atoms with E-state index in [9.17, 15) is 9.59 Å². The minimum Gasteiger partial charge on any atom is -0.497 e. The standard InChI is InChI=1S/C27H28N2O4/c1-32-22-14-15-23(25(17-22)33-2)24-9-6-16-29(24)26(30)18-28-27(31)21-12-10-20(11-13-21)19-7-4-3-5-8-19/h3-5,7-8,10-15,17,24H,6,9,16,18H2,1-2H3,(H,28,31). The first-order valence-electron chi connectivity index (χ1n) is 11.1. The van der Waals surface area contributed by atoms with Crippen LogP contribution in [0, 0.1) is 0 Å². The summed E-state index contributed by atoms with van der Waals surface area (Å²) in [6, 6.07) is 22.9. The Hall–Kier alpha value is -3.80. The van der Waals surface area contributed by atoms with Gasteiger partial charge in [0.25, 0.3) is 5.91 Å². The van der Waals surface area contributed by atoms with E-state index in [0.717, 1.165) is 29.5 Å². The van der Waals surface area contributed by atoms with Gasteiger partial charge in [0.05, 0.1) is 26.8 Å². The first-order valence-corrected chi connectivity index (χ1v) is 11.1. The summed E-state index contributed by atoms with van der Waals surface area (Å²) in [4.78, 5) is 27.4. The maximum atomic E-state index is 13.0. The van der Waals surface area contributed by atoms with E-state index in [4.69, 9.17) is 9.47 Å². The molecule has 2 amide bonds. The fraction of sp³-hybridized carbons (Fsp3) is 0.259. The zero-order valence-electron chi connectivity index (χ0n) is 18.9. The lowest BCUT2D eigenvalue weighted by atomic mass is 10.0. The first-order chi connectivity index (χ1) is 16.1. The number of likely N-dealkylation sites (tertiary alicyclic amines) is 1. The van der Waals surface area contributed by atoms with Crippen molar-refractivity contribution in [1.29, 1.82) is 0 Å². The molecule has 0 aliphatic carbocycles. The lowest BCUT2D eigenvalue weighted by Crippen LogP contribution is -2.39. The highest BCUT2D eigenvalue weighted by molar-refractivity contribution is 5.97. The SMILES string of the molecule is COc1ccc(C2CCCN2C(=O)CNC(=O)c2ccc(-c3ccccc3)cc2)c(OC)c1. The molecule has 1 unspecified atom stereocenters. The van der Waals surface area contributed by atoms with Gasteiger partial charge in [-0.25, -0.2) is 0 Å². The molecule has 4 rings (SSSR count). The van der Waals surface area contributed by atoms with Gasteiger partial charge in [-0.1, -0.05) is 42.5 Å². The van der Waals surface area contributed by atoms with Crippen molar-refractivity contribution in [3.05, 3.63) is 83.9 Å². The van der Waals surface area contributed by atoms with Gasteiger partial charge >= 0.3 is 0 Å². The van der Waals surface area contributed by atoms with Crippen molar-refractivity contribution in [3.8, 4) is 22.6 Å². The van der Waals surface area contributed by atoms with Crippen LogP contribution in [0.5, 0.6) is 11.5 Å². The Morgan fingerprint density at radius 3 is 2.36 bits per heavy atom. The number of nitrogens with one attached hydrogen (secondary N) is 1. The Labute approximate surface area is 194 Å². The number of benzene rings is 3. The van der Waals surface area contributed by atoms with Crippen molar-refractivity contribution in [2.75, 3.05) is 27.3 Å². The number of nitrogens with zero attached hydrogens (tertiary/aromatic N) is 1. The summed E-state index contributed by atoms with van der Waals surface area (Å²) >= 11 is 0. The molecule has 1 aliphatic heterocycles.